The van der Waals surface area contributed by atoms with Gasteiger partial charge in [-0.15, -0.1) is 0 Å². The van der Waals surface area contributed by atoms with Crippen LogP contribution >= 0.6 is 0 Å². The van der Waals surface area contributed by atoms with E-state index >= 15 is 0 Å². The third kappa shape index (κ3) is 3.93. The molecule has 0 unspecified atom stereocenters. The van der Waals surface area contributed by atoms with Gasteiger partial charge in [-0.1, -0.05) is 0 Å². The highest BCUT2D eigenvalue weighted by Crippen LogP contribution is 2.15. The summed E-state index contributed by atoms with van der Waals surface area (Å²) in [6, 6.07) is 3.15. The lowest BCUT2D eigenvalue weighted by Crippen LogP contribution is -2.32. The molecule has 0 saturated carbocycles. The van der Waals surface area contributed by atoms with Gasteiger partial charge in [-0.2, -0.15) is 0 Å². The van der Waals surface area contributed by atoms with E-state index in [1.165, 1.54) is 6.20 Å². The van der Waals surface area contributed by atoms with Crippen molar-refractivity contribution in [2.45, 2.75) is 5.03 Å². The Labute approximate surface area is 101 Å². The summed E-state index contributed by atoms with van der Waals surface area (Å²) < 4.78 is 26.3. The van der Waals surface area contributed by atoms with Crippen LogP contribution in [0.15, 0.2) is 23.4 Å². The van der Waals surface area contributed by atoms with E-state index in [4.69, 9.17) is 5.84 Å². The van der Waals surface area contributed by atoms with Crippen molar-refractivity contribution < 1.29 is 8.42 Å². The molecule has 7 nitrogen and oxygen atoms in total. The molecule has 1 rings (SSSR count). The maximum absolute atomic E-state index is 11.9. The summed E-state index contributed by atoms with van der Waals surface area (Å²) >= 11 is 0. The molecular formula is C9H17N5O2S. The third-order valence-electron chi connectivity index (χ3n) is 2.03. The van der Waals surface area contributed by atoms with E-state index in [1.807, 2.05) is 19.0 Å². The summed E-state index contributed by atoms with van der Waals surface area (Å²) in [4.78, 5) is 5.69. The van der Waals surface area contributed by atoms with Gasteiger partial charge < -0.3 is 10.3 Å². The van der Waals surface area contributed by atoms with Crippen LogP contribution in [0.25, 0.3) is 0 Å². The molecule has 0 aliphatic rings. The summed E-state index contributed by atoms with van der Waals surface area (Å²) in [5, 5.41) is -0.0961. The van der Waals surface area contributed by atoms with Gasteiger partial charge in [0.2, 0.25) is 0 Å². The average molecular weight is 259 g/mol. The molecule has 0 aliphatic carbocycles. The van der Waals surface area contributed by atoms with Crippen molar-refractivity contribution in [3.8, 4) is 0 Å². The Morgan fingerprint density at radius 2 is 2.18 bits per heavy atom. The molecule has 0 amide bonds. The van der Waals surface area contributed by atoms with E-state index in [2.05, 4.69) is 15.1 Å². The SMILES string of the molecule is CN(C)CCNS(=O)(=O)c1ncccc1NN. The lowest BCUT2D eigenvalue weighted by Gasteiger charge is -2.12. The van der Waals surface area contributed by atoms with Gasteiger partial charge in [0.25, 0.3) is 10.0 Å². The quantitative estimate of drug-likeness (QED) is 0.457. The number of hydrogen-bond donors (Lipinski definition) is 3. The Morgan fingerprint density at radius 1 is 1.47 bits per heavy atom. The highest BCUT2D eigenvalue weighted by Gasteiger charge is 2.18. The first-order valence-corrected chi connectivity index (χ1v) is 6.51. The molecule has 0 radical (unpaired) electrons. The molecule has 8 heteroatoms. The molecule has 0 atom stereocenters. The van der Waals surface area contributed by atoms with Crippen LogP contribution in [-0.4, -0.2) is 45.5 Å². The second kappa shape index (κ2) is 5.92. The molecule has 0 spiro atoms. The maximum Gasteiger partial charge on any atom is 0.260 e. The number of hydrogen-bond acceptors (Lipinski definition) is 6. The summed E-state index contributed by atoms with van der Waals surface area (Å²) in [5.74, 6) is 5.23. The predicted octanol–water partition coefficient (Wildman–Crippen LogP) is -0.793. The zero-order chi connectivity index (χ0) is 12.9. The molecule has 0 aromatic carbocycles. The fraction of sp³-hybridized carbons (Fsp3) is 0.444. The van der Waals surface area contributed by atoms with E-state index in [9.17, 15) is 8.42 Å². The van der Waals surface area contributed by atoms with Crippen LogP contribution < -0.4 is 16.0 Å². The lowest BCUT2D eigenvalue weighted by molar-refractivity contribution is 0.412. The fourth-order valence-electron chi connectivity index (χ4n) is 1.19. The largest absolute Gasteiger partial charge is 0.321 e. The number of anilines is 1. The minimum absolute atomic E-state index is 0.0961. The van der Waals surface area contributed by atoms with Gasteiger partial charge in [0.15, 0.2) is 5.03 Å². The molecule has 0 fully saturated rings. The van der Waals surface area contributed by atoms with Crippen LogP contribution in [-0.2, 0) is 10.0 Å². The van der Waals surface area contributed by atoms with Crippen molar-refractivity contribution >= 4 is 15.7 Å². The average Bonchev–Trinajstić information content (AvgIpc) is 2.28. The van der Waals surface area contributed by atoms with Crippen LogP contribution in [0.4, 0.5) is 5.69 Å². The Balaban J connectivity index is 2.82. The normalized spacial score (nSPS) is 11.8. The molecular weight excluding hydrogens is 242 g/mol. The van der Waals surface area contributed by atoms with Gasteiger partial charge in [-0.3, -0.25) is 5.84 Å². The van der Waals surface area contributed by atoms with Crippen molar-refractivity contribution in [1.82, 2.24) is 14.6 Å². The summed E-state index contributed by atoms with van der Waals surface area (Å²) in [6.45, 7) is 0.924. The topological polar surface area (TPSA) is 100 Å². The molecule has 0 saturated heterocycles. The first-order chi connectivity index (χ1) is 7.97. The van der Waals surface area contributed by atoms with Crippen LogP contribution in [0.3, 0.4) is 0 Å². The Kier molecular flexibility index (Phi) is 4.82. The summed E-state index contributed by atoms with van der Waals surface area (Å²) in [7, 11) is 0.0971. The number of sulfonamides is 1. The van der Waals surface area contributed by atoms with Gasteiger partial charge in [0, 0.05) is 19.3 Å². The first kappa shape index (κ1) is 13.8. The first-order valence-electron chi connectivity index (χ1n) is 5.03. The van der Waals surface area contributed by atoms with E-state index < -0.39 is 10.0 Å². The molecule has 1 aromatic heterocycles. The van der Waals surface area contributed by atoms with Crippen LogP contribution in [0.2, 0.25) is 0 Å². The molecule has 0 aliphatic heterocycles. The zero-order valence-electron chi connectivity index (χ0n) is 9.84. The number of likely N-dealkylation sites (N-methyl/N-ethyl adjacent to an activating group) is 1. The smallest absolute Gasteiger partial charge is 0.260 e. The van der Waals surface area contributed by atoms with Crippen LogP contribution in [0.1, 0.15) is 0 Å². The minimum Gasteiger partial charge on any atom is -0.321 e. The molecule has 1 heterocycles. The number of nitrogen functional groups attached to an aromatic ring is 1. The highest BCUT2D eigenvalue weighted by molar-refractivity contribution is 7.89. The predicted molar refractivity (Wildman–Crippen MR) is 65.8 cm³/mol. The van der Waals surface area contributed by atoms with E-state index in [-0.39, 0.29) is 10.7 Å². The highest BCUT2D eigenvalue weighted by atomic mass is 32.2. The van der Waals surface area contributed by atoms with Crippen LogP contribution in [0.5, 0.6) is 0 Å². The van der Waals surface area contributed by atoms with Crippen molar-refractivity contribution in [2.24, 2.45) is 5.84 Å². The van der Waals surface area contributed by atoms with Crippen LogP contribution in [0, 0.1) is 0 Å². The lowest BCUT2D eigenvalue weighted by atomic mass is 10.4. The fourth-order valence-corrected chi connectivity index (χ4v) is 2.30. The van der Waals surface area contributed by atoms with Crippen molar-refractivity contribution in [2.75, 3.05) is 32.6 Å². The Hall–Kier alpha value is -1.22. The zero-order valence-corrected chi connectivity index (χ0v) is 10.7. The summed E-state index contributed by atoms with van der Waals surface area (Å²) in [6.07, 6.45) is 1.40. The minimum atomic E-state index is -3.63. The standard InChI is InChI=1S/C9H17N5O2S/c1-14(2)7-6-12-17(15,16)9-8(13-10)4-3-5-11-9/h3-5,12-13H,6-7,10H2,1-2H3. The van der Waals surface area contributed by atoms with Gasteiger partial charge >= 0.3 is 0 Å². The van der Waals surface area contributed by atoms with E-state index in [0.717, 1.165) is 0 Å². The molecule has 1 aromatic rings. The number of nitrogens with one attached hydrogen (secondary N) is 2. The van der Waals surface area contributed by atoms with Gasteiger partial charge in [0.05, 0.1) is 5.69 Å². The van der Waals surface area contributed by atoms with Gasteiger partial charge in [-0.25, -0.2) is 18.1 Å². The van der Waals surface area contributed by atoms with Crippen molar-refractivity contribution in [3.63, 3.8) is 0 Å². The number of nitrogens with zero attached hydrogens (tertiary/aromatic N) is 2. The third-order valence-corrected chi connectivity index (χ3v) is 3.45. The maximum atomic E-state index is 11.9. The molecule has 0 bridgehead atoms. The number of nitrogens with two attached hydrogens (primary N) is 1. The Morgan fingerprint density at radius 3 is 2.76 bits per heavy atom. The number of pyridine rings is 1. The van der Waals surface area contributed by atoms with E-state index in [0.29, 0.717) is 13.1 Å². The second-order valence-corrected chi connectivity index (χ2v) is 5.38. The van der Waals surface area contributed by atoms with Crippen molar-refractivity contribution in [1.29, 1.82) is 0 Å². The molecule has 17 heavy (non-hydrogen) atoms. The number of aromatic nitrogens is 1. The second-order valence-electron chi connectivity index (χ2n) is 3.70. The van der Waals surface area contributed by atoms with Gasteiger partial charge in [0.1, 0.15) is 0 Å². The van der Waals surface area contributed by atoms with Crippen molar-refractivity contribution in [3.05, 3.63) is 18.3 Å². The Bertz CT molecular complexity index is 460. The number of rotatable bonds is 6. The summed E-state index contributed by atoms with van der Waals surface area (Å²) in [5.41, 5.74) is 2.58. The van der Waals surface area contributed by atoms with Gasteiger partial charge in [-0.05, 0) is 26.2 Å². The monoisotopic (exact) mass is 259 g/mol. The van der Waals surface area contributed by atoms with E-state index in [1.54, 1.807) is 12.1 Å². The molecule has 96 valence electrons. The number of hydrazine groups is 1. The molecule has 4 N–H and O–H groups in total.